The molecule has 0 unspecified atom stereocenters. The second-order valence-electron chi connectivity index (χ2n) is 2.64. The predicted octanol–water partition coefficient (Wildman–Crippen LogP) is 1.12. The number of rotatable bonds is 1. The molecule has 0 amide bonds. The van der Waals surface area contributed by atoms with Crippen LogP contribution in [0.15, 0.2) is 0 Å². The summed E-state index contributed by atoms with van der Waals surface area (Å²) in [6.45, 7) is 14.0. The standard InChI is InChI=1S/C8H13N/c1-3-9-6-4-8(2)5-7-9/h1-2,8H,3-7H2. The summed E-state index contributed by atoms with van der Waals surface area (Å²) in [5, 5.41) is 0. The molecular weight excluding hydrogens is 110 g/mol. The van der Waals surface area contributed by atoms with Crippen LogP contribution in [0.3, 0.4) is 0 Å². The summed E-state index contributed by atoms with van der Waals surface area (Å²) in [6.07, 6.45) is 2.22. The predicted molar refractivity (Wildman–Crippen MR) is 37.8 cm³/mol. The van der Waals surface area contributed by atoms with Gasteiger partial charge in [-0.3, -0.25) is 0 Å². The first kappa shape index (κ1) is 7.07. The van der Waals surface area contributed by atoms with E-state index in [4.69, 9.17) is 13.8 Å². The van der Waals surface area contributed by atoms with E-state index in [1.165, 1.54) is 0 Å². The molecule has 0 aromatic rings. The van der Waals surface area contributed by atoms with E-state index in [0.717, 1.165) is 25.9 Å². The molecule has 0 aromatic carbocycles. The monoisotopic (exact) mass is 123 g/mol. The summed E-state index contributed by atoms with van der Waals surface area (Å²) in [6, 6.07) is 0. The van der Waals surface area contributed by atoms with E-state index in [1.807, 2.05) is 0 Å². The number of piperidine rings is 1. The van der Waals surface area contributed by atoms with E-state index >= 15 is 0 Å². The highest BCUT2D eigenvalue weighted by molar-refractivity contribution is 4.73. The van der Waals surface area contributed by atoms with Gasteiger partial charge in [0.2, 0.25) is 0 Å². The lowest BCUT2D eigenvalue weighted by Gasteiger charge is -2.28. The van der Waals surface area contributed by atoms with Crippen molar-refractivity contribution in [2.24, 2.45) is 5.92 Å². The van der Waals surface area contributed by atoms with E-state index in [2.05, 4.69) is 4.90 Å². The molecule has 1 nitrogen and oxygen atoms in total. The Balaban J connectivity index is 2.18. The lowest BCUT2D eigenvalue weighted by atomic mass is 9.99. The summed E-state index contributed by atoms with van der Waals surface area (Å²) < 4.78 is 0. The van der Waals surface area contributed by atoms with Crippen molar-refractivity contribution in [1.29, 1.82) is 0 Å². The lowest BCUT2D eigenvalue weighted by molar-refractivity contribution is 0.220. The second kappa shape index (κ2) is 3.21. The molecule has 1 saturated heterocycles. The number of hydrogen-bond donors (Lipinski definition) is 0. The average Bonchev–Trinajstić information content (AvgIpc) is 1.90. The van der Waals surface area contributed by atoms with Crippen LogP contribution in [0, 0.1) is 19.8 Å². The van der Waals surface area contributed by atoms with Crippen molar-refractivity contribution in [3.05, 3.63) is 13.8 Å². The van der Waals surface area contributed by atoms with Crippen LogP contribution in [0.25, 0.3) is 0 Å². The minimum atomic E-state index is 0.424. The SMILES string of the molecule is [CH]CN1CCC([CH])CC1. The first-order valence-corrected chi connectivity index (χ1v) is 3.51. The molecule has 0 aliphatic carbocycles. The largest absolute Gasteiger partial charge is 0.303 e. The van der Waals surface area contributed by atoms with E-state index in [0.29, 0.717) is 12.5 Å². The fourth-order valence-electron chi connectivity index (χ4n) is 1.14. The van der Waals surface area contributed by atoms with Gasteiger partial charge in [0, 0.05) is 6.54 Å². The molecule has 0 bridgehead atoms. The van der Waals surface area contributed by atoms with Crippen LogP contribution in [0.5, 0.6) is 0 Å². The second-order valence-corrected chi connectivity index (χ2v) is 2.64. The minimum absolute atomic E-state index is 0.424. The molecule has 4 radical (unpaired) electrons. The average molecular weight is 123 g/mol. The van der Waals surface area contributed by atoms with Gasteiger partial charge in [-0.2, -0.15) is 0 Å². The fraction of sp³-hybridized carbons (Fsp3) is 0.750. The maximum absolute atomic E-state index is 5.68. The molecule has 1 rings (SSSR count). The van der Waals surface area contributed by atoms with Crippen LogP contribution in [0.2, 0.25) is 0 Å². The van der Waals surface area contributed by atoms with Crippen molar-refractivity contribution in [3.8, 4) is 0 Å². The van der Waals surface area contributed by atoms with Crippen LogP contribution in [-0.2, 0) is 0 Å². The van der Waals surface area contributed by atoms with Gasteiger partial charge in [-0.25, -0.2) is 0 Å². The van der Waals surface area contributed by atoms with Gasteiger partial charge in [0.1, 0.15) is 0 Å². The van der Waals surface area contributed by atoms with Crippen molar-refractivity contribution in [3.63, 3.8) is 0 Å². The van der Waals surface area contributed by atoms with Crippen LogP contribution in [0.1, 0.15) is 12.8 Å². The van der Waals surface area contributed by atoms with Crippen LogP contribution in [-0.4, -0.2) is 24.5 Å². The third kappa shape index (κ3) is 1.98. The van der Waals surface area contributed by atoms with Crippen molar-refractivity contribution in [2.45, 2.75) is 12.8 Å². The first-order chi connectivity index (χ1) is 4.33. The van der Waals surface area contributed by atoms with E-state index in [-0.39, 0.29) is 0 Å². The van der Waals surface area contributed by atoms with Gasteiger partial charge >= 0.3 is 0 Å². The van der Waals surface area contributed by atoms with E-state index < -0.39 is 0 Å². The molecule has 1 aliphatic heterocycles. The van der Waals surface area contributed by atoms with Gasteiger partial charge in [-0.1, -0.05) is 0 Å². The maximum Gasteiger partial charge on any atom is 0.00161 e. The molecule has 0 atom stereocenters. The molecule has 0 spiro atoms. The topological polar surface area (TPSA) is 3.24 Å². The molecule has 1 heterocycles. The van der Waals surface area contributed by atoms with Crippen molar-refractivity contribution in [2.75, 3.05) is 19.6 Å². The van der Waals surface area contributed by atoms with Crippen LogP contribution >= 0.6 is 0 Å². The number of hydrogen-bond acceptors (Lipinski definition) is 1. The van der Waals surface area contributed by atoms with Gasteiger partial charge in [0.25, 0.3) is 0 Å². The quantitative estimate of drug-likeness (QED) is 0.505. The Morgan fingerprint density at radius 2 is 1.89 bits per heavy atom. The van der Waals surface area contributed by atoms with Gasteiger partial charge in [0.15, 0.2) is 0 Å². The minimum Gasteiger partial charge on any atom is -0.303 e. The number of likely N-dealkylation sites (tertiary alicyclic amines) is 1. The van der Waals surface area contributed by atoms with Crippen molar-refractivity contribution >= 4 is 0 Å². The highest BCUT2D eigenvalue weighted by atomic mass is 15.1. The maximum atomic E-state index is 5.68. The highest BCUT2D eigenvalue weighted by Crippen LogP contribution is 2.14. The van der Waals surface area contributed by atoms with Gasteiger partial charge < -0.3 is 4.90 Å². The lowest BCUT2D eigenvalue weighted by Crippen LogP contribution is -2.32. The van der Waals surface area contributed by atoms with Gasteiger partial charge in [0.05, 0.1) is 0 Å². The highest BCUT2D eigenvalue weighted by Gasteiger charge is 2.13. The molecule has 50 valence electrons. The Kier molecular flexibility index (Phi) is 2.52. The molecule has 0 N–H and O–H groups in total. The van der Waals surface area contributed by atoms with E-state index in [1.54, 1.807) is 0 Å². The zero-order valence-electron chi connectivity index (χ0n) is 5.71. The Bertz CT molecular complexity index is 72.6. The van der Waals surface area contributed by atoms with Gasteiger partial charge in [-0.05, 0) is 45.7 Å². The fourth-order valence-corrected chi connectivity index (χ4v) is 1.14. The third-order valence-electron chi connectivity index (χ3n) is 1.89. The normalized spacial score (nSPS) is 24.7. The molecule has 9 heavy (non-hydrogen) atoms. The third-order valence-corrected chi connectivity index (χ3v) is 1.89. The Hall–Kier alpha value is -0.0400. The van der Waals surface area contributed by atoms with Crippen LogP contribution in [0.4, 0.5) is 0 Å². The zero-order valence-corrected chi connectivity index (χ0v) is 5.71. The van der Waals surface area contributed by atoms with E-state index in [9.17, 15) is 0 Å². The smallest absolute Gasteiger partial charge is 0.00161 e. The summed E-state index contributed by atoms with van der Waals surface area (Å²) >= 11 is 0. The zero-order chi connectivity index (χ0) is 6.69. The summed E-state index contributed by atoms with van der Waals surface area (Å²) in [5.74, 6) is 0.424. The molecular formula is C8H13N. The number of nitrogens with zero attached hydrogens (tertiary/aromatic N) is 1. The molecule has 1 fully saturated rings. The Morgan fingerprint density at radius 1 is 1.33 bits per heavy atom. The molecule has 0 aromatic heterocycles. The van der Waals surface area contributed by atoms with Crippen molar-refractivity contribution < 1.29 is 0 Å². The molecule has 1 aliphatic rings. The first-order valence-electron chi connectivity index (χ1n) is 3.51. The molecule has 0 saturated carbocycles. The summed E-state index contributed by atoms with van der Waals surface area (Å²) in [5.41, 5.74) is 0. The van der Waals surface area contributed by atoms with Crippen molar-refractivity contribution in [1.82, 2.24) is 4.90 Å². The van der Waals surface area contributed by atoms with Crippen LogP contribution < -0.4 is 0 Å². The Labute approximate surface area is 58.0 Å². The Morgan fingerprint density at radius 3 is 2.33 bits per heavy atom. The summed E-state index contributed by atoms with van der Waals surface area (Å²) in [4.78, 5) is 2.23. The summed E-state index contributed by atoms with van der Waals surface area (Å²) in [7, 11) is 0. The van der Waals surface area contributed by atoms with Gasteiger partial charge in [-0.15, -0.1) is 0 Å². The molecule has 1 heteroatoms.